The van der Waals surface area contributed by atoms with E-state index in [1.165, 1.54) is 6.92 Å². The SMILES string of the molecule is CC[C@H](O)C(C)(C)[C@@H](O)[C@@H](OC(C)=O)/C(C)=C(\C)[C@H](C)OC(=O)[C@H](O)[C@@H](NC(=O)c1ccccc1)c1ccccc1. The van der Waals surface area contributed by atoms with Gasteiger partial charge in [0, 0.05) is 17.9 Å². The fourth-order valence-corrected chi connectivity index (χ4v) is 4.51. The number of aliphatic hydroxyl groups is 3. The van der Waals surface area contributed by atoms with Gasteiger partial charge in [-0.05, 0) is 56.0 Å². The second kappa shape index (κ2) is 14.9. The summed E-state index contributed by atoms with van der Waals surface area (Å²) in [6.07, 6.45) is -5.49. The van der Waals surface area contributed by atoms with Crippen LogP contribution in [0.4, 0.5) is 0 Å². The number of hydrogen-bond donors (Lipinski definition) is 4. The predicted molar refractivity (Wildman–Crippen MR) is 155 cm³/mol. The van der Waals surface area contributed by atoms with Gasteiger partial charge in [0.1, 0.15) is 18.3 Å². The van der Waals surface area contributed by atoms with Crippen molar-refractivity contribution in [3.8, 4) is 0 Å². The van der Waals surface area contributed by atoms with Gasteiger partial charge in [0.05, 0.1) is 12.1 Å². The molecular weight excluding hydrogens is 526 g/mol. The van der Waals surface area contributed by atoms with Crippen molar-refractivity contribution in [2.75, 3.05) is 0 Å². The quantitative estimate of drug-likeness (QED) is 0.210. The van der Waals surface area contributed by atoms with Crippen LogP contribution in [0.15, 0.2) is 71.8 Å². The molecule has 2 aromatic carbocycles. The van der Waals surface area contributed by atoms with E-state index in [2.05, 4.69) is 5.32 Å². The van der Waals surface area contributed by atoms with Crippen LogP contribution in [0.2, 0.25) is 0 Å². The Kier molecular flexibility index (Phi) is 12.2. The highest BCUT2D eigenvalue weighted by Gasteiger charge is 2.42. The summed E-state index contributed by atoms with van der Waals surface area (Å²) in [5.74, 6) is -2.07. The van der Waals surface area contributed by atoms with Crippen molar-refractivity contribution in [1.82, 2.24) is 5.32 Å². The van der Waals surface area contributed by atoms with Crippen molar-refractivity contribution in [3.05, 3.63) is 82.9 Å². The summed E-state index contributed by atoms with van der Waals surface area (Å²) in [6, 6.07) is 15.9. The highest BCUT2D eigenvalue weighted by atomic mass is 16.6. The minimum absolute atomic E-state index is 0.364. The van der Waals surface area contributed by atoms with Crippen LogP contribution in [0.1, 0.15) is 76.9 Å². The molecule has 0 heterocycles. The highest BCUT2D eigenvalue weighted by Crippen LogP contribution is 2.34. The number of amides is 1. The highest BCUT2D eigenvalue weighted by molar-refractivity contribution is 5.94. The topological polar surface area (TPSA) is 142 Å². The predicted octanol–water partition coefficient (Wildman–Crippen LogP) is 3.88. The number of benzene rings is 2. The molecule has 2 aromatic rings. The monoisotopic (exact) mass is 569 g/mol. The molecule has 9 heteroatoms. The second-order valence-corrected chi connectivity index (χ2v) is 10.8. The summed E-state index contributed by atoms with van der Waals surface area (Å²) in [5.41, 5.74) is 0.778. The molecule has 0 saturated heterocycles. The Morgan fingerprint density at radius 3 is 1.90 bits per heavy atom. The van der Waals surface area contributed by atoms with E-state index in [-0.39, 0.29) is 0 Å². The van der Waals surface area contributed by atoms with Crippen LogP contribution >= 0.6 is 0 Å². The Balaban J connectivity index is 2.31. The second-order valence-electron chi connectivity index (χ2n) is 10.8. The van der Waals surface area contributed by atoms with E-state index >= 15 is 0 Å². The van der Waals surface area contributed by atoms with Gasteiger partial charge in [-0.25, -0.2) is 4.79 Å². The standard InChI is InChI=1S/C32H43NO8/c1-8-25(35)32(6,7)29(37)28(41-22(5)34)20(3)19(2)21(4)40-31(39)27(36)26(23-15-11-9-12-16-23)33-30(38)24-17-13-10-14-18-24/h9-18,21,25-29,35-37H,8H2,1-7H3,(H,33,38)/b20-19+/t21-,25-,26-,27+,28-,29-/m0/s1. The van der Waals surface area contributed by atoms with Crippen LogP contribution in [-0.2, 0) is 19.1 Å². The Morgan fingerprint density at radius 1 is 0.854 bits per heavy atom. The zero-order valence-corrected chi connectivity index (χ0v) is 24.8. The molecule has 41 heavy (non-hydrogen) atoms. The lowest BCUT2D eigenvalue weighted by Gasteiger charge is -2.39. The van der Waals surface area contributed by atoms with Crippen LogP contribution in [0, 0.1) is 5.41 Å². The van der Waals surface area contributed by atoms with Gasteiger partial charge < -0.3 is 30.1 Å². The average molecular weight is 570 g/mol. The van der Waals surface area contributed by atoms with Crippen molar-refractivity contribution >= 4 is 17.8 Å². The number of aliphatic hydroxyl groups excluding tert-OH is 3. The molecule has 0 saturated carbocycles. The maximum Gasteiger partial charge on any atom is 0.338 e. The van der Waals surface area contributed by atoms with Gasteiger partial charge in [0.25, 0.3) is 5.91 Å². The molecule has 0 unspecified atom stereocenters. The normalized spacial score (nSPS) is 16.7. The van der Waals surface area contributed by atoms with Crippen molar-refractivity contribution in [2.24, 2.45) is 5.41 Å². The van der Waals surface area contributed by atoms with Gasteiger partial charge in [-0.1, -0.05) is 69.3 Å². The summed E-state index contributed by atoms with van der Waals surface area (Å²) in [5, 5.41) is 35.5. The van der Waals surface area contributed by atoms with Crippen molar-refractivity contribution in [1.29, 1.82) is 0 Å². The van der Waals surface area contributed by atoms with Gasteiger partial charge in [0.15, 0.2) is 6.10 Å². The molecule has 0 aliphatic heterocycles. The summed E-state index contributed by atoms with van der Waals surface area (Å²) >= 11 is 0. The Labute approximate surface area is 242 Å². The van der Waals surface area contributed by atoms with Gasteiger partial charge in [-0.3, -0.25) is 9.59 Å². The van der Waals surface area contributed by atoms with E-state index in [1.807, 2.05) is 0 Å². The molecule has 0 aliphatic carbocycles. The number of hydrogen-bond acceptors (Lipinski definition) is 8. The third-order valence-corrected chi connectivity index (χ3v) is 7.58. The first kappa shape index (κ1) is 33.7. The zero-order valence-electron chi connectivity index (χ0n) is 24.8. The van der Waals surface area contributed by atoms with E-state index in [0.717, 1.165) is 0 Å². The van der Waals surface area contributed by atoms with Gasteiger partial charge >= 0.3 is 11.9 Å². The Bertz CT molecular complexity index is 1190. The molecule has 2 rings (SSSR count). The maximum absolute atomic E-state index is 13.2. The molecule has 4 N–H and O–H groups in total. The minimum Gasteiger partial charge on any atom is -0.456 e. The van der Waals surface area contributed by atoms with E-state index in [9.17, 15) is 29.7 Å². The summed E-state index contributed by atoms with van der Waals surface area (Å²) in [4.78, 5) is 38.0. The summed E-state index contributed by atoms with van der Waals surface area (Å²) in [6.45, 7) is 11.3. The van der Waals surface area contributed by atoms with E-state index in [4.69, 9.17) is 9.47 Å². The van der Waals surface area contributed by atoms with Crippen LogP contribution in [0.5, 0.6) is 0 Å². The smallest absolute Gasteiger partial charge is 0.338 e. The largest absolute Gasteiger partial charge is 0.456 e. The Hall–Kier alpha value is -3.53. The van der Waals surface area contributed by atoms with E-state index in [0.29, 0.717) is 28.7 Å². The third kappa shape index (κ3) is 8.73. The third-order valence-electron chi connectivity index (χ3n) is 7.58. The number of rotatable bonds is 13. The van der Waals surface area contributed by atoms with E-state index in [1.54, 1.807) is 102 Å². The first-order chi connectivity index (χ1) is 19.2. The number of carbonyl (C=O) groups excluding carboxylic acids is 3. The van der Waals surface area contributed by atoms with Gasteiger partial charge in [-0.2, -0.15) is 0 Å². The Morgan fingerprint density at radius 2 is 1.39 bits per heavy atom. The molecule has 0 radical (unpaired) electrons. The summed E-state index contributed by atoms with van der Waals surface area (Å²) < 4.78 is 11.1. The first-order valence-electron chi connectivity index (χ1n) is 13.7. The number of ether oxygens (including phenoxy) is 2. The van der Waals surface area contributed by atoms with Gasteiger partial charge in [0.2, 0.25) is 0 Å². The molecule has 1 amide bonds. The summed E-state index contributed by atoms with van der Waals surface area (Å²) in [7, 11) is 0. The minimum atomic E-state index is -1.74. The molecule has 0 spiro atoms. The lowest BCUT2D eigenvalue weighted by atomic mass is 9.75. The fourth-order valence-electron chi connectivity index (χ4n) is 4.51. The van der Waals surface area contributed by atoms with Crippen molar-refractivity contribution in [3.63, 3.8) is 0 Å². The molecule has 0 aliphatic rings. The molecule has 0 fully saturated rings. The fraction of sp³-hybridized carbons (Fsp3) is 0.469. The molecule has 0 bridgehead atoms. The lowest BCUT2D eigenvalue weighted by molar-refractivity contribution is -0.161. The number of nitrogens with one attached hydrogen (secondary N) is 1. The molecular formula is C32H43NO8. The van der Waals surface area contributed by atoms with Crippen LogP contribution in [0.3, 0.4) is 0 Å². The first-order valence-corrected chi connectivity index (χ1v) is 13.7. The average Bonchev–Trinajstić information content (AvgIpc) is 2.97. The number of esters is 2. The van der Waals surface area contributed by atoms with Crippen LogP contribution in [-0.4, -0.2) is 63.7 Å². The van der Waals surface area contributed by atoms with E-state index < -0.39 is 59.8 Å². The molecule has 9 nitrogen and oxygen atoms in total. The zero-order chi connectivity index (χ0) is 30.9. The van der Waals surface area contributed by atoms with Crippen molar-refractivity contribution in [2.45, 2.75) is 91.4 Å². The molecule has 6 atom stereocenters. The molecule has 0 aromatic heterocycles. The maximum atomic E-state index is 13.2. The van der Waals surface area contributed by atoms with Crippen LogP contribution < -0.4 is 5.32 Å². The number of carbonyl (C=O) groups is 3. The van der Waals surface area contributed by atoms with Gasteiger partial charge in [-0.15, -0.1) is 0 Å². The van der Waals surface area contributed by atoms with Crippen molar-refractivity contribution < 1.29 is 39.2 Å². The van der Waals surface area contributed by atoms with Crippen LogP contribution in [0.25, 0.3) is 0 Å². The molecule has 224 valence electrons. The lowest BCUT2D eigenvalue weighted by Crippen LogP contribution is -2.49.